The molecule has 0 radical (unpaired) electrons. The van der Waals surface area contributed by atoms with Gasteiger partial charge in [-0.1, -0.05) is 6.07 Å². The summed E-state index contributed by atoms with van der Waals surface area (Å²) in [4.78, 5) is 13.5. The van der Waals surface area contributed by atoms with Crippen molar-refractivity contribution in [3.8, 4) is 5.69 Å². The van der Waals surface area contributed by atoms with E-state index in [0.29, 0.717) is 12.2 Å². The van der Waals surface area contributed by atoms with Gasteiger partial charge in [-0.05, 0) is 40.8 Å². The Morgan fingerprint density at radius 2 is 2.29 bits per heavy atom. The molecular weight excluding hydrogens is 337 g/mol. The minimum Gasteiger partial charge on any atom is -0.468 e. The van der Waals surface area contributed by atoms with Crippen molar-refractivity contribution in [1.29, 1.82) is 0 Å². The third-order valence-corrected chi connectivity index (χ3v) is 4.25. The third kappa shape index (κ3) is 3.21. The van der Waals surface area contributed by atoms with Crippen LogP contribution in [-0.2, 0) is 16.2 Å². The molecule has 1 fully saturated rings. The number of tetrazole rings is 1. The zero-order chi connectivity index (χ0) is 17.3. The van der Waals surface area contributed by atoms with Gasteiger partial charge in [0.05, 0.1) is 25.6 Å². The number of ether oxygens (including phenoxy) is 1. The summed E-state index contributed by atoms with van der Waals surface area (Å²) in [6.07, 6.45) is -0.334. The lowest BCUT2D eigenvalue weighted by molar-refractivity contribution is -0.146. The van der Waals surface area contributed by atoms with Crippen LogP contribution in [0.1, 0.15) is 6.42 Å². The van der Waals surface area contributed by atoms with Gasteiger partial charge in [-0.15, -0.1) is 0 Å². The number of rotatable bonds is 4. The SMILES string of the molecule is COC(=O)[C@@H]1C[C@H](O)CN1Cn1nnn(-c2cccc(F)c2)c1=S. The molecule has 1 aromatic carbocycles. The molecule has 3 rings (SSSR count). The van der Waals surface area contributed by atoms with Gasteiger partial charge in [0, 0.05) is 13.0 Å². The summed E-state index contributed by atoms with van der Waals surface area (Å²) in [5, 5.41) is 17.7. The van der Waals surface area contributed by atoms with E-state index < -0.39 is 23.9 Å². The van der Waals surface area contributed by atoms with Gasteiger partial charge in [-0.25, -0.2) is 9.07 Å². The number of hydrogen-bond acceptors (Lipinski definition) is 7. The maximum absolute atomic E-state index is 13.4. The van der Waals surface area contributed by atoms with Crippen LogP contribution in [-0.4, -0.2) is 61.6 Å². The van der Waals surface area contributed by atoms with E-state index in [1.807, 2.05) is 0 Å². The summed E-state index contributed by atoms with van der Waals surface area (Å²) in [7, 11) is 1.30. The number of β-amino-alcohol motifs (C(OH)–C–C–N with tert-alkyl or cyclic N) is 1. The van der Waals surface area contributed by atoms with E-state index in [4.69, 9.17) is 17.0 Å². The number of benzene rings is 1. The number of hydrogen-bond donors (Lipinski definition) is 1. The maximum atomic E-state index is 13.4. The Morgan fingerprint density at radius 3 is 3.00 bits per heavy atom. The molecule has 0 aliphatic carbocycles. The standard InChI is InChI=1S/C14H16FN5O3S/c1-23-13(22)12-6-11(21)7-18(12)8-19-14(24)20(17-16-19)10-4-2-3-9(15)5-10/h2-5,11-12,21H,6-8H2,1H3/t11-,12-/m0/s1. The molecule has 2 heterocycles. The predicted octanol–water partition coefficient (Wildman–Crippen LogP) is 0.503. The minimum atomic E-state index is -0.624. The highest BCUT2D eigenvalue weighted by atomic mass is 32.1. The molecule has 0 spiro atoms. The van der Waals surface area contributed by atoms with Gasteiger partial charge in [0.25, 0.3) is 0 Å². The Balaban J connectivity index is 1.84. The molecule has 0 bridgehead atoms. The first-order valence-corrected chi connectivity index (χ1v) is 7.69. The second-order valence-electron chi connectivity index (χ2n) is 5.49. The fourth-order valence-electron chi connectivity index (χ4n) is 2.72. The van der Waals surface area contributed by atoms with E-state index in [9.17, 15) is 14.3 Å². The molecule has 1 aromatic heterocycles. The number of carbonyl (C=O) groups excluding carboxylic acids is 1. The van der Waals surface area contributed by atoms with Crippen LogP contribution in [0.3, 0.4) is 0 Å². The van der Waals surface area contributed by atoms with Crippen LogP contribution in [0.15, 0.2) is 24.3 Å². The van der Waals surface area contributed by atoms with Gasteiger partial charge in [0.1, 0.15) is 11.9 Å². The van der Waals surface area contributed by atoms with E-state index in [-0.39, 0.29) is 17.9 Å². The summed E-state index contributed by atoms with van der Waals surface area (Å²) >= 11 is 5.32. The van der Waals surface area contributed by atoms with Crippen LogP contribution in [0.5, 0.6) is 0 Å². The number of aliphatic hydroxyl groups excluding tert-OH is 1. The largest absolute Gasteiger partial charge is 0.468 e. The van der Waals surface area contributed by atoms with Crippen LogP contribution in [0.25, 0.3) is 5.69 Å². The molecule has 1 N–H and O–H groups in total. The quantitative estimate of drug-likeness (QED) is 0.633. The number of carbonyl (C=O) groups is 1. The molecule has 10 heteroatoms. The molecule has 0 amide bonds. The van der Waals surface area contributed by atoms with Gasteiger partial charge in [0.2, 0.25) is 4.77 Å². The fraction of sp³-hybridized carbons (Fsp3) is 0.429. The Morgan fingerprint density at radius 1 is 1.50 bits per heavy atom. The van der Waals surface area contributed by atoms with Crippen LogP contribution >= 0.6 is 12.2 Å². The molecule has 0 unspecified atom stereocenters. The van der Waals surface area contributed by atoms with Crippen molar-refractivity contribution in [1.82, 2.24) is 24.7 Å². The molecule has 0 saturated carbocycles. The molecule has 8 nitrogen and oxygen atoms in total. The van der Waals surface area contributed by atoms with Crippen LogP contribution in [0, 0.1) is 10.6 Å². The number of methoxy groups -OCH3 is 1. The number of halogens is 1. The maximum Gasteiger partial charge on any atom is 0.323 e. The molecule has 2 aromatic rings. The third-order valence-electron chi connectivity index (χ3n) is 3.86. The molecule has 2 atom stereocenters. The first kappa shape index (κ1) is 16.7. The molecule has 1 aliphatic heterocycles. The van der Waals surface area contributed by atoms with E-state index in [1.165, 1.54) is 28.6 Å². The van der Waals surface area contributed by atoms with Gasteiger partial charge < -0.3 is 9.84 Å². The first-order chi connectivity index (χ1) is 11.5. The van der Waals surface area contributed by atoms with E-state index in [0.717, 1.165) is 0 Å². The van der Waals surface area contributed by atoms with Crippen molar-refractivity contribution in [2.45, 2.75) is 25.2 Å². The second kappa shape index (κ2) is 6.75. The molecular formula is C14H16FN5O3S. The molecule has 128 valence electrons. The number of aliphatic hydroxyl groups is 1. The highest BCUT2D eigenvalue weighted by molar-refractivity contribution is 7.71. The number of nitrogens with zero attached hydrogens (tertiary/aromatic N) is 5. The highest BCUT2D eigenvalue weighted by Gasteiger charge is 2.37. The van der Waals surface area contributed by atoms with Gasteiger partial charge >= 0.3 is 5.97 Å². The molecule has 1 aliphatic rings. The monoisotopic (exact) mass is 353 g/mol. The van der Waals surface area contributed by atoms with E-state index in [1.54, 1.807) is 17.0 Å². The average Bonchev–Trinajstić information content (AvgIpc) is 3.10. The Hall–Kier alpha value is -2.17. The summed E-state index contributed by atoms with van der Waals surface area (Å²) in [5.74, 6) is -0.826. The lowest BCUT2D eigenvalue weighted by Crippen LogP contribution is -2.38. The number of likely N-dealkylation sites (tertiary alicyclic amines) is 1. The predicted molar refractivity (Wildman–Crippen MR) is 83.3 cm³/mol. The highest BCUT2D eigenvalue weighted by Crippen LogP contribution is 2.20. The summed E-state index contributed by atoms with van der Waals surface area (Å²) in [6, 6.07) is 5.27. The van der Waals surface area contributed by atoms with Gasteiger partial charge in [0.15, 0.2) is 0 Å². The Kier molecular flexibility index (Phi) is 4.69. The zero-order valence-electron chi connectivity index (χ0n) is 12.9. The topological polar surface area (TPSA) is 85.4 Å². The van der Waals surface area contributed by atoms with Crippen molar-refractivity contribution >= 4 is 18.2 Å². The van der Waals surface area contributed by atoms with Crippen LogP contribution < -0.4 is 0 Å². The van der Waals surface area contributed by atoms with Crippen LogP contribution in [0.2, 0.25) is 0 Å². The molecule has 24 heavy (non-hydrogen) atoms. The smallest absolute Gasteiger partial charge is 0.323 e. The van der Waals surface area contributed by atoms with Crippen molar-refractivity contribution in [3.63, 3.8) is 0 Å². The summed E-state index contributed by atoms with van der Waals surface area (Å²) < 4.78 is 21.1. The minimum absolute atomic E-state index is 0.172. The Labute approximate surface area is 142 Å². The Bertz CT molecular complexity index is 808. The van der Waals surface area contributed by atoms with Crippen LogP contribution in [0.4, 0.5) is 4.39 Å². The molecule has 1 saturated heterocycles. The van der Waals surface area contributed by atoms with E-state index >= 15 is 0 Å². The van der Waals surface area contributed by atoms with Crippen molar-refractivity contribution in [3.05, 3.63) is 34.9 Å². The zero-order valence-corrected chi connectivity index (χ0v) is 13.7. The second-order valence-corrected chi connectivity index (χ2v) is 5.86. The van der Waals surface area contributed by atoms with Gasteiger partial charge in [-0.2, -0.15) is 4.68 Å². The summed E-state index contributed by atoms with van der Waals surface area (Å²) in [5.41, 5.74) is 0.456. The van der Waals surface area contributed by atoms with Gasteiger partial charge in [-0.3, -0.25) is 9.69 Å². The lowest BCUT2D eigenvalue weighted by Gasteiger charge is -2.21. The number of esters is 1. The average molecular weight is 353 g/mol. The fourth-order valence-corrected chi connectivity index (χ4v) is 2.96. The van der Waals surface area contributed by atoms with E-state index in [2.05, 4.69) is 10.4 Å². The normalized spacial score (nSPS) is 21.1. The lowest BCUT2D eigenvalue weighted by atomic mass is 10.2. The van der Waals surface area contributed by atoms with Crippen molar-refractivity contribution < 1.29 is 19.0 Å². The number of aromatic nitrogens is 4. The summed E-state index contributed by atoms with van der Waals surface area (Å²) in [6.45, 7) is 0.472. The van der Waals surface area contributed by atoms with Crippen molar-refractivity contribution in [2.75, 3.05) is 13.7 Å². The first-order valence-electron chi connectivity index (χ1n) is 7.28. The van der Waals surface area contributed by atoms with Crippen molar-refractivity contribution in [2.24, 2.45) is 0 Å².